The summed E-state index contributed by atoms with van der Waals surface area (Å²) in [6.45, 7) is 6.49. The molecule has 0 aliphatic heterocycles. The molecule has 0 bridgehead atoms. The maximum Gasteiger partial charge on any atom is 0.259 e. The fourth-order valence-electron chi connectivity index (χ4n) is 2.26. The second-order valence-corrected chi connectivity index (χ2v) is 6.22. The molecule has 25 heavy (non-hydrogen) atoms. The van der Waals surface area contributed by atoms with Gasteiger partial charge in [0.15, 0.2) is 0 Å². The highest BCUT2D eigenvalue weighted by atomic mass is 16.2. The molecule has 0 aliphatic carbocycles. The molecule has 4 heteroatoms. The number of amides is 1. The Morgan fingerprint density at radius 2 is 1.76 bits per heavy atom. The average molecular weight is 335 g/mol. The van der Waals surface area contributed by atoms with Crippen LogP contribution in [0.15, 0.2) is 65.3 Å². The summed E-state index contributed by atoms with van der Waals surface area (Å²) in [5.41, 5.74) is 6.83. The number of hydrogen-bond acceptors (Lipinski definition) is 3. The minimum absolute atomic E-state index is 0.181. The molecule has 0 fully saturated rings. The molecule has 0 saturated heterocycles. The zero-order valence-electron chi connectivity index (χ0n) is 15.0. The first-order valence-corrected chi connectivity index (χ1v) is 8.43. The molecular weight excluding hydrogens is 310 g/mol. The van der Waals surface area contributed by atoms with Gasteiger partial charge in [-0.15, -0.1) is 0 Å². The van der Waals surface area contributed by atoms with Crippen molar-refractivity contribution in [1.29, 1.82) is 0 Å². The molecule has 1 amide bonds. The van der Waals surface area contributed by atoms with Gasteiger partial charge in [-0.2, -0.15) is 5.10 Å². The molecule has 4 nitrogen and oxygen atoms in total. The quantitative estimate of drug-likeness (QED) is 0.581. The molecule has 2 N–H and O–H groups in total. The van der Waals surface area contributed by atoms with Crippen molar-refractivity contribution in [3.05, 3.63) is 71.3 Å². The van der Waals surface area contributed by atoms with Crippen LogP contribution in [-0.4, -0.2) is 18.7 Å². The maximum absolute atomic E-state index is 11.8. The molecule has 130 valence electrons. The Kier molecular flexibility index (Phi) is 6.96. The predicted molar refractivity (Wildman–Crippen MR) is 106 cm³/mol. The molecule has 0 aromatic heterocycles. The zero-order valence-corrected chi connectivity index (χ0v) is 15.0. The van der Waals surface area contributed by atoms with E-state index in [0.29, 0.717) is 5.92 Å². The minimum Gasteiger partial charge on any atom is -0.376 e. The lowest BCUT2D eigenvalue weighted by Crippen LogP contribution is -2.25. The van der Waals surface area contributed by atoms with E-state index in [1.54, 1.807) is 6.21 Å². The number of benzene rings is 2. The van der Waals surface area contributed by atoms with Gasteiger partial charge in [-0.1, -0.05) is 62.4 Å². The Labute approximate surface area is 149 Å². The molecule has 2 aromatic carbocycles. The highest BCUT2D eigenvalue weighted by molar-refractivity contribution is 5.87. The van der Waals surface area contributed by atoms with Crippen LogP contribution >= 0.6 is 0 Å². The van der Waals surface area contributed by atoms with Gasteiger partial charge in [0.1, 0.15) is 0 Å². The smallest absolute Gasteiger partial charge is 0.259 e. The van der Waals surface area contributed by atoms with Gasteiger partial charge in [-0.3, -0.25) is 4.79 Å². The lowest BCUT2D eigenvalue weighted by atomic mass is 10.0. The van der Waals surface area contributed by atoms with Crippen molar-refractivity contribution in [2.24, 2.45) is 5.10 Å². The minimum atomic E-state index is -0.186. The zero-order chi connectivity index (χ0) is 18.1. The van der Waals surface area contributed by atoms with E-state index in [-0.39, 0.29) is 12.5 Å². The van der Waals surface area contributed by atoms with Crippen LogP contribution in [0.1, 0.15) is 37.8 Å². The first-order chi connectivity index (χ1) is 12.0. The normalized spacial score (nSPS) is 11.8. The van der Waals surface area contributed by atoms with E-state index in [2.05, 4.69) is 54.0 Å². The molecule has 0 atom stereocenters. The van der Waals surface area contributed by atoms with Gasteiger partial charge in [-0.05, 0) is 41.7 Å². The van der Waals surface area contributed by atoms with E-state index in [1.165, 1.54) is 5.56 Å². The van der Waals surface area contributed by atoms with Gasteiger partial charge in [-0.25, -0.2) is 5.43 Å². The topological polar surface area (TPSA) is 53.5 Å². The number of nitrogens with one attached hydrogen (secondary N) is 2. The second-order valence-electron chi connectivity index (χ2n) is 6.22. The van der Waals surface area contributed by atoms with Crippen molar-refractivity contribution in [3.8, 4) is 0 Å². The van der Waals surface area contributed by atoms with Crippen LogP contribution in [-0.2, 0) is 4.79 Å². The maximum atomic E-state index is 11.8. The van der Waals surface area contributed by atoms with Crippen LogP contribution in [0.4, 0.5) is 5.69 Å². The Balaban J connectivity index is 1.80. The van der Waals surface area contributed by atoms with Gasteiger partial charge in [0, 0.05) is 5.69 Å². The molecule has 2 rings (SSSR count). The number of carbonyl (C=O) groups excluding carboxylic acids is 1. The van der Waals surface area contributed by atoms with E-state index in [4.69, 9.17) is 0 Å². The number of para-hydroxylation sites is 1. The SMILES string of the molecule is CC(/C=N/NC(=O)CNc1ccccc1)=C\c1ccc(C(C)C)cc1. The van der Waals surface area contributed by atoms with Crippen LogP contribution in [0.2, 0.25) is 0 Å². The Bertz CT molecular complexity index is 731. The van der Waals surface area contributed by atoms with Crippen LogP contribution in [0.25, 0.3) is 6.08 Å². The monoisotopic (exact) mass is 335 g/mol. The third-order valence-corrected chi connectivity index (χ3v) is 3.68. The summed E-state index contributed by atoms with van der Waals surface area (Å²) in [7, 11) is 0. The third kappa shape index (κ3) is 6.63. The fourth-order valence-corrected chi connectivity index (χ4v) is 2.26. The molecule has 2 aromatic rings. The van der Waals surface area contributed by atoms with Crippen molar-refractivity contribution in [1.82, 2.24) is 5.43 Å². The molecule has 0 saturated carbocycles. The van der Waals surface area contributed by atoms with E-state index in [9.17, 15) is 4.79 Å². The summed E-state index contributed by atoms with van der Waals surface area (Å²) in [4.78, 5) is 11.8. The van der Waals surface area contributed by atoms with Crippen molar-refractivity contribution in [2.75, 3.05) is 11.9 Å². The number of nitrogens with zero attached hydrogens (tertiary/aromatic N) is 1. The molecule has 0 aliphatic rings. The summed E-state index contributed by atoms with van der Waals surface area (Å²) >= 11 is 0. The Morgan fingerprint density at radius 3 is 2.40 bits per heavy atom. The molecular formula is C21H25N3O. The number of hydrogen-bond donors (Lipinski definition) is 2. The van der Waals surface area contributed by atoms with Gasteiger partial charge >= 0.3 is 0 Å². The summed E-state index contributed by atoms with van der Waals surface area (Å²) in [5, 5.41) is 7.03. The average Bonchev–Trinajstić information content (AvgIpc) is 2.61. The standard InChI is InChI=1S/C21H25N3O/c1-16(2)19-11-9-18(10-12-19)13-17(3)14-23-24-21(25)15-22-20-7-5-4-6-8-20/h4-14,16,22H,15H2,1-3H3,(H,24,25)/b17-13+,23-14+. The van der Waals surface area contributed by atoms with Crippen molar-refractivity contribution >= 4 is 23.9 Å². The van der Waals surface area contributed by atoms with E-state index in [1.807, 2.05) is 43.3 Å². The van der Waals surface area contributed by atoms with E-state index in [0.717, 1.165) is 16.8 Å². The summed E-state index contributed by atoms with van der Waals surface area (Å²) in [6.07, 6.45) is 3.68. The van der Waals surface area contributed by atoms with Crippen LogP contribution in [0.5, 0.6) is 0 Å². The molecule has 0 radical (unpaired) electrons. The van der Waals surface area contributed by atoms with Gasteiger partial charge < -0.3 is 5.32 Å². The van der Waals surface area contributed by atoms with Gasteiger partial charge in [0.05, 0.1) is 12.8 Å². The summed E-state index contributed by atoms with van der Waals surface area (Å²) < 4.78 is 0. The second kappa shape index (κ2) is 9.42. The van der Waals surface area contributed by atoms with Gasteiger partial charge in [0.25, 0.3) is 5.91 Å². The fraction of sp³-hybridized carbons (Fsp3) is 0.238. The van der Waals surface area contributed by atoms with Crippen molar-refractivity contribution in [2.45, 2.75) is 26.7 Å². The lowest BCUT2D eigenvalue weighted by molar-refractivity contribution is -0.119. The van der Waals surface area contributed by atoms with Crippen molar-refractivity contribution < 1.29 is 4.79 Å². The third-order valence-electron chi connectivity index (χ3n) is 3.68. The van der Waals surface area contributed by atoms with E-state index >= 15 is 0 Å². The highest BCUT2D eigenvalue weighted by Gasteiger charge is 1.99. The first kappa shape index (κ1) is 18.5. The molecule has 0 spiro atoms. The van der Waals surface area contributed by atoms with Crippen LogP contribution < -0.4 is 10.7 Å². The van der Waals surface area contributed by atoms with E-state index < -0.39 is 0 Å². The number of allylic oxidation sites excluding steroid dienone is 1. The van der Waals surface area contributed by atoms with Crippen LogP contribution in [0.3, 0.4) is 0 Å². The van der Waals surface area contributed by atoms with Crippen molar-refractivity contribution in [3.63, 3.8) is 0 Å². The first-order valence-electron chi connectivity index (χ1n) is 8.43. The van der Waals surface area contributed by atoms with Crippen LogP contribution in [0, 0.1) is 0 Å². The number of carbonyl (C=O) groups is 1. The number of rotatable bonds is 7. The molecule has 0 heterocycles. The number of hydrazone groups is 1. The predicted octanol–water partition coefficient (Wildman–Crippen LogP) is 4.43. The molecule has 0 unspecified atom stereocenters. The highest BCUT2D eigenvalue weighted by Crippen LogP contribution is 2.15. The summed E-state index contributed by atoms with van der Waals surface area (Å²) in [5.74, 6) is 0.342. The lowest BCUT2D eigenvalue weighted by Gasteiger charge is -2.05. The largest absolute Gasteiger partial charge is 0.376 e. The summed E-state index contributed by atoms with van der Waals surface area (Å²) in [6, 6.07) is 18.0. The number of anilines is 1. The Hall–Kier alpha value is -2.88. The van der Waals surface area contributed by atoms with Gasteiger partial charge in [0.2, 0.25) is 0 Å². The Morgan fingerprint density at radius 1 is 1.08 bits per heavy atom.